The van der Waals surface area contributed by atoms with E-state index < -0.39 is 0 Å². The lowest BCUT2D eigenvalue weighted by Gasteiger charge is -2.21. The number of pyridine rings is 1. The Balaban J connectivity index is 2.10. The van der Waals surface area contributed by atoms with Gasteiger partial charge in [0.25, 0.3) is 0 Å². The molecule has 0 aliphatic carbocycles. The molecule has 1 aromatic heterocycles. The third kappa shape index (κ3) is 2.83. The summed E-state index contributed by atoms with van der Waals surface area (Å²) in [7, 11) is 0. The first-order valence-corrected chi connectivity index (χ1v) is 7.38. The smallest absolute Gasteiger partial charge is 0.241 e. The van der Waals surface area contributed by atoms with Gasteiger partial charge in [0.15, 0.2) is 0 Å². The Bertz CT molecular complexity index is 444. The number of halogens is 1. The second-order valence-corrected chi connectivity index (χ2v) is 6.85. The minimum Gasteiger partial charge on any atom is -0.309 e. The minimum absolute atomic E-state index is 0.0641. The molecule has 3 nitrogen and oxygen atoms in total. The molecule has 0 aromatic carbocycles. The van der Waals surface area contributed by atoms with Crippen LogP contribution in [-0.4, -0.2) is 21.4 Å². The molecule has 1 N–H and O–H groups in total. The summed E-state index contributed by atoms with van der Waals surface area (Å²) in [6.07, 6.45) is 2.06. The second-order valence-electron chi connectivity index (χ2n) is 4.40. The van der Waals surface area contributed by atoms with Crippen LogP contribution >= 0.6 is 27.7 Å². The maximum absolute atomic E-state index is 12.1. The van der Waals surface area contributed by atoms with E-state index >= 15 is 0 Å². The Morgan fingerprint density at radius 3 is 2.94 bits per heavy atom. The van der Waals surface area contributed by atoms with Gasteiger partial charge in [-0.25, -0.2) is 4.98 Å². The molecule has 0 radical (unpaired) electrons. The van der Waals surface area contributed by atoms with Crippen LogP contribution in [0.2, 0.25) is 0 Å². The number of amides is 1. The van der Waals surface area contributed by atoms with Gasteiger partial charge in [-0.1, -0.05) is 0 Å². The van der Waals surface area contributed by atoms with Gasteiger partial charge in [0.1, 0.15) is 5.82 Å². The normalized spacial score (nSPS) is 23.7. The van der Waals surface area contributed by atoms with E-state index in [-0.39, 0.29) is 10.7 Å². The highest BCUT2D eigenvalue weighted by molar-refractivity contribution is 9.10. The van der Waals surface area contributed by atoms with Crippen molar-refractivity contribution in [2.75, 3.05) is 11.1 Å². The first kappa shape index (κ1) is 12.9. The highest BCUT2D eigenvalue weighted by atomic mass is 79.9. The summed E-state index contributed by atoms with van der Waals surface area (Å²) in [6, 6.07) is 3.72. The average molecular weight is 315 g/mol. The molecule has 1 saturated heterocycles. The molecule has 2 heterocycles. The van der Waals surface area contributed by atoms with E-state index in [0.717, 1.165) is 28.8 Å². The van der Waals surface area contributed by atoms with Gasteiger partial charge >= 0.3 is 0 Å². The number of hydrogen-bond acceptors (Lipinski definition) is 3. The SMILES string of the molecule is Cc1nc(NC(=O)C2(C)CCCS2)ccc1Br. The Kier molecular flexibility index (Phi) is 3.78. The van der Waals surface area contributed by atoms with Crippen molar-refractivity contribution in [1.29, 1.82) is 0 Å². The average Bonchev–Trinajstić information content (AvgIpc) is 2.72. The molecular weight excluding hydrogens is 300 g/mol. The number of aryl methyl sites for hydroxylation is 1. The number of carbonyl (C=O) groups is 1. The zero-order valence-corrected chi connectivity index (χ0v) is 12.3. The van der Waals surface area contributed by atoms with Gasteiger partial charge in [0.2, 0.25) is 5.91 Å². The Hall–Kier alpha value is -0.550. The fourth-order valence-corrected chi connectivity index (χ4v) is 3.25. The largest absolute Gasteiger partial charge is 0.309 e. The van der Waals surface area contributed by atoms with E-state index in [1.54, 1.807) is 11.8 Å². The molecule has 0 spiro atoms. The molecule has 1 aliphatic heterocycles. The lowest BCUT2D eigenvalue weighted by Crippen LogP contribution is -2.34. The van der Waals surface area contributed by atoms with Crippen molar-refractivity contribution in [3.05, 3.63) is 22.3 Å². The first-order valence-electron chi connectivity index (χ1n) is 5.60. The number of nitrogens with one attached hydrogen (secondary N) is 1. The van der Waals surface area contributed by atoms with E-state index in [4.69, 9.17) is 0 Å². The number of carbonyl (C=O) groups excluding carboxylic acids is 1. The monoisotopic (exact) mass is 314 g/mol. The summed E-state index contributed by atoms with van der Waals surface area (Å²) in [4.78, 5) is 16.5. The zero-order chi connectivity index (χ0) is 12.5. The summed E-state index contributed by atoms with van der Waals surface area (Å²) in [5.74, 6) is 1.76. The molecule has 92 valence electrons. The number of nitrogens with zero attached hydrogens (tertiary/aromatic N) is 1. The van der Waals surface area contributed by atoms with E-state index in [9.17, 15) is 4.79 Å². The molecule has 1 unspecified atom stereocenters. The fraction of sp³-hybridized carbons (Fsp3) is 0.500. The first-order chi connectivity index (χ1) is 8.01. The highest BCUT2D eigenvalue weighted by Gasteiger charge is 2.37. The molecule has 1 amide bonds. The molecule has 1 fully saturated rings. The van der Waals surface area contributed by atoms with E-state index in [2.05, 4.69) is 26.2 Å². The Morgan fingerprint density at radius 2 is 2.35 bits per heavy atom. The van der Waals surface area contributed by atoms with Crippen molar-refractivity contribution >= 4 is 39.4 Å². The lowest BCUT2D eigenvalue weighted by atomic mass is 10.1. The second kappa shape index (κ2) is 4.98. The van der Waals surface area contributed by atoms with Gasteiger partial charge in [-0.3, -0.25) is 4.79 Å². The quantitative estimate of drug-likeness (QED) is 0.910. The summed E-state index contributed by atoms with van der Waals surface area (Å²) in [5.41, 5.74) is 0.882. The number of thioether (sulfide) groups is 1. The van der Waals surface area contributed by atoms with Crippen molar-refractivity contribution in [2.45, 2.75) is 31.4 Å². The highest BCUT2D eigenvalue weighted by Crippen LogP contribution is 2.38. The molecule has 1 aliphatic rings. The van der Waals surface area contributed by atoms with Crippen molar-refractivity contribution in [2.24, 2.45) is 0 Å². The van der Waals surface area contributed by atoms with Crippen LogP contribution in [0.4, 0.5) is 5.82 Å². The van der Waals surface area contributed by atoms with Crippen LogP contribution in [0.5, 0.6) is 0 Å². The third-order valence-electron chi connectivity index (χ3n) is 2.96. The number of rotatable bonds is 2. The van der Waals surface area contributed by atoms with Crippen LogP contribution in [0.25, 0.3) is 0 Å². The third-order valence-corrected chi connectivity index (χ3v) is 5.32. The molecule has 0 bridgehead atoms. The molecule has 1 aromatic rings. The van der Waals surface area contributed by atoms with Crippen LogP contribution in [0.15, 0.2) is 16.6 Å². The van der Waals surface area contributed by atoms with Crippen molar-refractivity contribution in [1.82, 2.24) is 4.98 Å². The number of aromatic nitrogens is 1. The van der Waals surface area contributed by atoms with Gasteiger partial charge in [-0.05, 0) is 60.5 Å². The van der Waals surface area contributed by atoms with Gasteiger partial charge < -0.3 is 5.32 Å². The number of hydrogen-bond donors (Lipinski definition) is 1. The van der Waals surface area contributed by atoms with Gasteiger partial charge in [-0.2, -0.15) is 0 Å². The van der Waals surface area contributed by atoms with Crippen LogP contribution < -0.4 is 5.32 Å². The molecule has 2 rings (SSSR count). The Labute approximate surface area is 114 Å². The van der Waals surface area contributed by atoms with Crippen molar-refractivity contribution in [3.63, 3.8) is 0 Å². The summed E-state index contributed by atoms with van der Waals surface area (Å²) < 4.78 is 0.666. The molecule has 1 atom stereocenters. The van der Waals surface area contributed by atoms with E-state index in [1.165, 1.54) is 0 Å². The van der Waals surface area contributed by atoms with Gasteiger partial charge in [0, 0.05) is 4.47 Å². The molecule has 5 heteroatoms. The van der Waals surface area contributed by atoms with Gasteiger partial charge in [0.05, 0.1) is 10.4 Å². The standard InChI is InChI=1S/C12H15BrN2OS/c1-8-9(13)4-5-10(14-8)15-11(16)12(2)6-3-7-17-12/h4-5H,3,6-7H2,1-2H3,(H,14,15,16). The maximum Gasteiger partial charge on any atom is 0.241 e. The van der Waals surface area contributed by atoms with Crippen molar-refractivity contribution < 1.29 is 4.79 Å². The van der Waals surface area contributed by atoms with Crippen LogP contribution in [-0.2, 0) is 4.79 Å². The summed E-state index contributed by atoms with van der Waals surface area (Å²) in [5, 5.41) is 2.90. The predicted octanol–water partition coefficient (Wildman–Crippen LogP) is 3.38. The van der Waals surface area contributed by atoms with E-state index in [1.807, 2.05) is 26.0 Å². The molecule has 17 heavy (non-hydrogen) atoms. The summed E-state index contributed by atoms with van der Waals surface area (Å²) in [6.45, 7) is 3.91. The number of anilines is 1. The molecule has 0 saturated carbocycles. The molecular formula is C12H15BrN2OS. The van der Waals surface area contributed by atoms with Crippen molar-refractivity contribution in [3.8, 4) is 0 Å². The minimum atomic E-state index is -0.289. The fourth-order valence-electron chi connectivity index (χ4n) is 1.82. The zero-order valence-electron chi connectivity index (χ0n) is 9.92. The van der Waals surface area contributed by atoms with E-state index in [0.29, 0.717) is 5.82 Å². The van der Waals surface area contributed by atoms with Gasteiger partial charge in [-0.15, -0.1) is 11.8 Å². The predicted molar refractivity (Wildman–Crippen MR) is 75.4 cm³/mol. The lowest BCUT2D eigenvalue weighted by molar-refractivity contribution is -0.118. The Morgan fingerprint density at radius 1 is 1.59 bits per heavy atom. The maximum atomic E-state index is 12.1. The van der Waals surface area contributed by atoms with Crippen LogP contribution in [0, 0.1) is 6.92 Å². The van der Waals surface area contributed by atoms with Crippen LogP contribution in [0.3, 0.4) is 0 Å². The topological polar surface area (TPSA) is 42.0 Å². The van der Waals surface area contributed by atoms with Crippen LogP contribution in [0.1, 0.15) is 25.5 Å². The summed E-state index contributed by atoms with van der Waals surface area (Å²) >= 11 is 5.12.